The third kappa shape index (κ3) is 2.75. The van der Waals surface area contributed by atoms with E-state index in [1.54, 1.807) is 29.9 Å². The summed E-state index contributed by atoms with van der Waals surface area (Å²) in [4.78, 5) is 22.0. The number of rotatable bonds is 4. The van der Waals surface area contributed by atoms with E-state index in [1.165, 1.54) is 18.2 Å². The molecule has 0 saturated heterocycles. The third-order valence-electron chi connectivity index (χ3n) is 2.85. The predicted octanol–water partition coefficient (Wildman–Crippen LogP) is 2.24. The fourth-order valence-electron chi connectivity index (χ4n) is 1.79. The maximum Gasteiger partial charge on any atom is 0.277 e. The summed E-state index contributed by atoms with van der Waals surface area (Å²) in [6.45, 7) is 2.59. The molecule has 0 atom stereocenters. The number of hydrogen-bond acceptors (Lipinski definition) is 4. The number of methoxy groups -OCH3 is 1. The first-order chi connectivity index (χ1) is 9.56. The minimum Gasteiger partial charge on any atom is -0.481 e. The maximum atomic E-state index is 12.5. The number of nitrogens with zero attached hydrogens (tertiary/aromatic N) is 4. The first-order valence-corrected chi connectivity index (χ1v) is 6.45. The van der Waals surface area contributed by atoms with Crippen LogP contribution in [0.2, 0.25) is 5.02 Å². The van der Waals surface area contributed by atoms with Crippen molar-refractivity contribution in [3.05, 3.63) is 35.2 Å². The molecule has 7 heteroatoms. The van der Waals surface area contributed by atoms with Gasteiger partial charge < -0.3 is 9.30 Å². The molecule has 0 N–H and O–H groups in total. The van der Waals surface area contributed by atoms with Crippen LogP contribution in [-0.2, 0) is 6.54 Å². The van der Waals surface area contributed by atoms with E-state index in [-0.39, 0.29) is 11.9 Å². The molecule has 20 heavy (non-hydrogen) atoms. The zero-order chi connectivity index (χ0) is 14.7. The molecular formula is C13H15ClN4O2. The van der Waals surface area contributed by atoms with Crippen molar-refractivity contribution in [3.8, 4) is 5.88 Å². The first kappa shape index (κ1) is 14.3. The van der Waals surface area contributed by atoms with Gasteiger partial charge in [-0.1, -0.05) is 11.6 Å². The minimum atomic E-state index is -0.230. The van der Waals surface area contributed by atoms with Gasteiger partial charge in [0.15, 0.2) is 0 Å². The van der Waals surface area contributed by atoms with E-state index in [2.05, 4.69) is 9.97 Å². The van der Waals surface area contributed by atoms with E-state index in [9.17, 15) is 4.79 Å². The Labute approximate surface area is 122 Å². The molecule has 2 heterocycles. The van der Waals surface area contributed by atoms with Crippen LogP contribution in [0.25, 0.3) is 0 Å². The number of amides is 1. The van der Waals surface area contributed by atoms with Crippen molar-refractivity contribution in [2.75, 3.05) is 19.1 Å². The fourth-order valence-corrected chi connectivity index (χ4v) is 2.01. The van der Waals surface area contributed by atoms with Crippen molar-refractivity contribution in [2.45, 2.75) is 13.5 Å². The molecule has 2 aromatic rings. The van der Waals surface area contributed by atoms with Gasteiger partial charge in [0.2, 0.25) is 11.8 Å². The van der Waals surface area contributed by atoms with Gasteiger partial charge in [-0.25, -0.2) is 4.98 Å². The predicted molar refractivity (Wildman–Crippen MR) is 76.4 cm³/mol. The van der Waals surface area contributed by atoms with E-state index >= 15 is 0 Å². The fraction of sp³-hybridized carbons (Fsp3) is 0.308. The van der Waals surface area contributed by atoms with Gasteiger partial charge in [-0.3, -0.25) is 9.69 Å². The molecule has 0 aliphatic carbocycles. The second kappa shape index (κ2) is 5.92. The lowest BCUT2D eigenvalue weighted by molar-refractivity contribution is 0.0982. The average molecular weight is 295 g/mol. The van der Waals surface area contributed by atoms with Crippen molar-refractivity contribution in [2.24, 2.45) is 0 Å². The number of aromatic nitrogens is 3. The molecule has 0 fully saturated rings. The summed E-state index contributed by atoms with van der Waals surface area (Å²) in [5.74, 6) is 0.444. The Balaban J connectivity index is 2.31. The van der Waals surface area contributed by atoms with Crippen molar-refractivity contribution >= 4 is 23.5 Å². The molecule has 2 rings (SSSR count). The molecule has 6 nitrogen and oxygen atoms in total. The Morgan fingerprint density at radius 3 is 2.95 bits per heavy atom. The highest BCUT2D eigenvalue weighted by atomic mass is 35.5. The van der Waals surface area contributed by atoms with Gasteiger partial charge in [0.25, 0.3) is 5.91 Å². The summed E-state index contributed by atoms with van der Waals surface area (Å²) >= 11 is 5.94. The molecule has 2 aromatic heterocycles. The highest BCUT2D eigenvalue weighted by Gasteiger charge is 2.20. The quantitative estimate of drug-likeness (QED) is 0.867. The molecular weight excluding hydrogens is 280 g/mol. The summed E-state index contributed by atoms with van der Waals surface area (Å²) in [6, 6.07) is 3.25. The Morgan fingerprint density at radius 2 is 2.30 bits per heavy atom. The summed E-state index contributed by atoms with van der Waals surface area (Å²) in [5, 5.41) is 0.523. The molecule has 0 aromatic carbocycles. The van der Waals surface area contributed by atoms with Crippen LogP contribution in [-0.4, -0.2) is 34.6 Å². The van der Waals surface area contributed by atoms with Crippen LogP contribution in [0.1, 0.15) is 17.4 Å². The van der Waals surface area contributed by atoms with Crippen LogP contribution in [0.3, 0.4) is 0 Å². The number of anilines is 1. The number of hydrogen-bond donors (Lipinski definition) is 0. The van der Waals surface area contributed by atoms with E-state index in [1.807, 2.05) is 6.92 Å². The zero-order valence-electron chi connectivity index (χ0n) is 11.5. The molecule has 1 amide bonds. The van der Waals surface area contributed by atoms with Crippen LogP contribution < -0.4 is 9.64 Å². The Bertz CT molecular complexity index is 627. The SMILES string of the molecule is CCn1cc(Cl)cc1C(=O)N(C)c1nccc(OC)n1. The normalized spacial score (nSPS) is 10.4. The van der Waals surface area contributed by atoms with E-state index in [4.69, 9.17) is 16.3 Å². The van der Waals surface area contributed by atoms with Gasteiger partial charge in [-0.15, -0.1) is 0 Å². The van der Waals surface area contributed by atoms with Gasteiger partial charge in [0.05, 0.1) is 12.1 Å². The number of carbonyl (C=O) groups excluding carboxylic acids is 1. The second-order valence-corrected chi connectivity index (χ2v) is 4.53. The second-order valence-electron chi connectivity index (χ2n) is 4.09. The topological polar surface area (TPSA) is 60.2 Å². The molecule has 0 bridgehead atoms. The summed E-state index contributed by atoms with van der Waals surface area (Å²) in [7, 11) is 3.12. The van der Waals surface area contributed by atoms with Crippen LogP contribution in [0.15, 0.2) is 24.5 Å². The number of ether oxygens (including phenoxy) is 1. The Kier molecular flexibility index (Phi) is 4.24. The van der Waals surface area contributed by atoms with Gasteiger partial charge in [0.1, 0.15) is 5.69 Å². The van der Waals surface area contributed by atoms with E-state index < -0.39 is 0 Å². The lowest BCUT2D eigenvalue weighted by atomic mass is 10.3. The standard InChI is InChI=1S/C13H15ClN4O2/c1-4-18-8-9(14)7-10(18)12(19)17(2)13-15-6-5-11(16-13)20-3/h5-8H,4H2,1-3H3. The highest BCUT2D eigenvalue weighted by Crippen LogP contribution is 2.18. The summed E-state index contributed by atoms with van der Waals surface area (Å²) < 4.78 is 6.80. The van der Waals surface area contributed by atoms with Gasteiger partial charge in [-0.05, 0) is 13.0 Å². The van der Waals surface area contributed by atoms with Gasteiger partial charge in [-0.2, -0.15) is 4.98 Å². The van der Waals surface area contributed by atoms with Crippen molar-refractivity contribution in [3.63, 3.8) is 0 Å². The van der Waals surface area contributed by atoms with Gasteiger partial charge in [0, 0.05) is 32.1 Å². The first-order valence-electron chi connectivity index (χ1n) is 6.07. The Hall–Kier alpha value is -2.08. The molecule has 106 valence electrons. The summed E-state index contributed by atoms with van der Waals surface area (Å²) in [5.41, 5.74) is 0.492. The third-order valence-corrected chi connectivity index (χ3v) is 3.06. The van der Waals surface area contributed by atoms with Crippen molar-refractivity contribution in [1.29, 1.82) is 0 Å². The maximum absolute atomic E-state index is 12.5. The lowest BCUT2D eigenvalue weighted by Gasteiger charge is -2.16. The zero-order valence-corrected chi connectivity index (χ0v) is 12.3. The molecule has 0 spiro atoms. The lowest BCUT2D eigenvalue weighted by Crippen LogP contribution is -2.29. The van der Waals surface area contributed by atoms with Crippen LogP contribution in [0.5, 0.6) is 5.88 Å². The smallest absolute Gasteiger partial charge is 0.277 e. The van der Waals surface area contributed by atoms with Crippen LogP contribution in [0.4, 0.5) is 5.95 Å². The number of aryl methyl sites for hydroxylation is 1. The molecule has 0 aliphatic rings. The van der Waals surface area contributed by atoms with Gasteiger partial charge >= 0.3 is 0 Å². The molecule has 0 unspecified atom stereocenters. The largest absolute Gasteiger partial charge is 0.481 e. The highest BCUT2D eigenvalue weighted by molar-refractivity contribution is 6.31. The van der Waals surface area contributed by atoms with Crippen molar-refractivity contribution in [1.82, 2.24) is 14.5 Å². The molecule has 0 radical (unpaired) electrons. The minimum absolute atomic E-state index is 0.230. The van der Waals surface area contributed by atoms with Crippen LogP contribution in [0, 0.1) is 0 Å². The molecule has 0 saturated carbocycles. The number of halogens is 1. The number of carbonyl (C=O) groups is 1. The van der Waals surface area contributed by atoms with Crippen LogP contribution >= 0.6 is 11.6 Å². The Morgan fingerprint density at radius 1 is 1.55 bits per heavy atom. The molecule has 0 aliphatic heterocycles. The van der Waals surface area contributed by atoms with E-state index in [0.717, 1.165) is 0 Å². The monoisotopic (exact) mass is 294 g/mol. The summed E-state index contributed by atoms with van der Waals surface area (Å²) in [6.07, 6.45) is 3.26. The van der Waals surface area contributed by atoms with E-state index in [0.29, 0.717) is 23.1 Å². The van der Waals surface area contributed by atoms with Crippen molar-refractivity contribution < 1.29 is 9.53 Å². The average Bonchev–Trinajstić information content (AvgIpc) is 2.86.